The Morgan fingerprint density at radius 3 is 2.67 bits per heavy atom. The standard InChI is InChI=1S/C11H13N3O/c12-11(15)9-3-7-14(8-4-9)10-1-5-13-6-2-10/h1-3,5-6H,4,7-8H2,(H2,12,15). The fourth-order valence-electron chi connectivity index (χ4n) is 1.68. The molecule has 0 radical (unpaired) electrons. The van der Waals surface area contributed by atoms with E-state index in [-0.39, 0.29) is 5.91 Å². The minimum Gasteiger partial charge on any atom is -0.367 e. The van der Waals surface area contributed by atoms with Gasteiger partial charge in [0.2, 0.25) is 5.91 Å². The summed E-state index contributed by atoms with van der Waals surface area (Å²) in [6, 6.07) is 3.92. The highest BCUT2D eigenvalue weighted by molar-refractivity contribution is 5.92. The van der Waals surface area contributed by atoms with Crippen LogP contribution in [-0.2, 0) is 4.79 Å². The smallest absolute Gasteiger partial charge is 0.244 e. The van der Waals surface area contributed by atoms with Gasteiger partial charge < -0.3 is 10.6 Å². The lowest BCUT2D eigenvalue weighted by molar-refractivity contribution is -0.114. The van der Waals surface area contributed by atoms with Crippen LogP contribution in [0.25, 0.3) is 0 Å². The van der Waals surface area contributed by atoms with Crippen molar-refractivity contribution in [3.05, 3.63) is 36.2 Å². The molecule has 2 N–H and O–H groups in total. The molecular formula is C11H13N3O. The van der Waals surface area contributed by atoms with E-state index < -0.39 is 0 Å². The van der Waals surface area contributed by atoms with Crippen LogP contribution in [0.3, 0.4) is 0 Å². The summed E-state index contributed by atoms with van der Waals surface area (Å²) in [5, 5.41) is 0. The molecule has 0 spiro atoms. The molecule has 0 atom stereocenters. The van der Waals surface area contributed by atoms with Crippen LogP contribution in [0.1, 0.15) is 6.42 Å². The van der Waals surface area contributed by atoms with Crippen LogP contribution >= 0.6 is 0 Å². The number of nitrogens with two attached hydrogens (primary N) is 1. The zero-order valence-electron chi connectivity index (χ0n) is 8.39. The Morgan fingerprint density at radius 2 is 2.13 bits per heavy atom. The summed E-state index contributed by atoms with van der Waals surface area (Å²) < 4.78 is 0. The van der Waals surface area contributed by atoms with E-state index in [1.54, 1.807) is 12.4 Å². The Hall–Kier alpha value is -1.84. The largest absolute Gasteiger partial charge is 0.367 e. The number of hydrogen-bond donors (Lipinski definition) is 1. The quantitative estimate of drug-likeness (QED) is 0.769. The van der Waals surface area contributed by atoms with Crippen molar-refractivity contribution in [3.8, 4) is 0 Å². The minimum atomic E-state index is -0.302. The van der Waals surface area contributed by atoms with Crippen molar-refractivity contribution in [2.45, 2.75) is 6.42 Å². The summed E-state index contributed by atoms with van der Waals surface area (Å²) in [6.07, 6.45) is 6.15. The van der Waals surface area contributed by atoms with Gasteiger partial charge in [-0.25, -0.2) is 0 Å². The van der Waals surface area contributed by atoms with Gasteiger partial charge in [-0.15, -0.1) is 0 Å². The third kappa shape index (κ3) is 2.15. The molecule has 1 aromatic heterocycles. The average molecular weight is 203 g/mol. The number of amides is 1. The second-order valence-electron chi connectivity index (χ2n) is 3.50. The summed E-state index contributed by atoms with van der Waals surface area (Å²) in [5.41, 5.74) is 7.08. The highest BCUT2D eigenvalue weighted by Crippen LogP contribution is 2.18. The molecule has 1 aliphatic heterocycles. The molecule has 1 aliphatic rings. The molecule has 0 aromatic carbocycles. The van der Waals surface area contributed by atoms with E-state index in [1.807, 2.05) is 18.2 Å². The summed E-state index contributed by atoms with van der Waals surface area (Å²) in [5.74, 6) is -0.302. The molecule has 0 unspecified atom stereocenters. The Balaban J connectivity index is 2.09. The Labute approximate surface area is 88.4 Å². The van der Waals surface area contributed by atoms with Crippen LogP contribution in [0.5, 0.6) is 0 Å². The Bertz CT molecular complexity index is 386. The molecular weight excluding hydrogens is 190 g/mol. The molecule has 4 heteroatoms. The lowest BCUT2D eigenvalue weighted by Gasteiger charge is -2.27. The van der Waals surface area contributed by atoms with Gasteiger partial charge in [0, 0.05) is 36.7 Å². The number of hydrogen-bond acceptors (Lipinski definition) is 3. The van der Waals surface area contributed by atoms with Gasteiger partial charge in [-0.05, 0) is 18.6 Å². The highest BCUT2D eigenvalue weighted by Gasteiger charge is 2.14. The van der Waals surface area contributed by atoms with Gasteiger partial charge >= 0.3 is 0 Å². The van der Waals surface area contributed by atoms with Crippen LogP contribution in [-0.4, -0.2) is 24.0 Å². The first-order chi connectivity index (χ1) is 7.27. The van der Waals surface area contributed by atoms with Crippen LogP contribution in [0, 0.1) is 0 Å². The van der Waals surface area contributed by atoms with E-state index in [0.29, 0.717) is 0 Å². The van der Waals surface area contributed by atoms with Crippen molar-refractivity contribution in [1.82, 2.24) is 4.98 Å². The number of primary amides is 1. The minimum absolute atomic E-state index is 0.302. The summed E-state index contributed by atoms with van der Waals surface area (Å²) in [4.78, 5) is 17.1. The lowest BCUT2D eigenvalue weighted by atomic mass is 10.1. The number of aromatic nitrogens is 1. The van der Waals surface area contributed by atoms with Gasteiger partial charge in [0.1, 0.15) is 0 Å². The van der Waals surface area contributed by atoms with E-state index in [0.717, 1.165) is 30.8 Å². The maximum absolute atomic E-state index is 10.9. The van der Waals surface area contributed by atoms with Gasteiger partial charge in [-0.1, -0.05) is 6.08 Å². The van der Waals surface area contributed by atoms with Gasteiger partial charge in [0.25, 0.3) is 0 Å². The van der Waals surface area contributed by atoms with Gasteiger partial charge in [-0.2, -0.15) is 0 Å². The number of rotatable bonds is 2. The molecule has 1 aromatic rings. The monoisotopic (exact) mass is 203 g/mol. The van der Waals surface area contributed by atoms with Gasteiger partial charge in [0.05, 0.1) is 0 Å². The van der Waals surface area contributed by atoms with Crippen molar-refractivity contribution < 1.29 is 4.79 Å². The zero-order chi connectivity index (χ0) is 10.7. The van der Waals surface area contributed by atoms with Crippen molar-refractivity contribution >= 4 is 11.6 Å². The molecule has 2 rings (SSSR count). The van der Waals surface area contributed by atoms with Gasteiger partial charge in [-0.3, -0.25) is 9.78 Å². The second kappa shape index (κ2) is 4.13. The summed E-state index contributed by atoms with van der Waals surface area (Å²) in [7, 11) is 0. The molecule has 78 valence electrons. The molecule has 0 fully saturated rings. The third-order valence-electron chi connectivity index (χ3n) is 2.55. The van der Waals surface area contributed by atoms with Crippen LogP contribution in [0.2, 0.25) is 0 Å². The van der Waals surface area contributed by atoms with E-state index in [4.69, 9.17) is 5.73 Å². The Morgan fingerprint density at radius 1 is 1.40 bits per heavy atom. The molecule has 2 heterocycles. The fraction of sp³-hybridized carbons (Fsp3) is 0.273. The van der Waals surface area contributed by atoms with E-state index in [1.165, 1.54) is 0 Å². The van der Waals surface area contributed by atoms with E-state index in [2.05, 4.69) is 9.88 Å². The average Bonchev–Trinajstić information content (AvgIpc) is 2.30. The lowest BCUT2D eigenvalue weighted by Crippen LogP contribution is -2.31. The van der Waals surface area contributed by atoms with E-state index in [9.17, 15) is 4.79 Å². The number of pyridine rings is 1. The third-order valence-corrected chi connectivity index (χ3v) is 2.55. The fourth-order valence-corrected chi connectivity index (χ4v) is 1.68. The van der Waals surface area contributed by atoms with Crippen molar-refractivity contribution in [3.63, 3.8) is 0 Å². The predicted octanol–water partition coefficient (Wildman–Crippen LogP) is 0.703. The second-order valence-corrected chi connectivity index (χ2v) is 3.50. The maximum atomic E-state index is 10.9. The van der Waals surface area contributed by atoms with Crippen molar-refractivity contribution in [2.75, 3.05) is 18.0 Å². The topological polar surface area (TPSA) is 59.2 Å². The molecule has 1 amide bonds. The van der Waals surface area contributed by atoms with Gasteiger partial charge in [0.15, 0.2) is 0 Å². The SMILES string of the molecule is NC(=O)C1=CCN(c2ccncc2)CC1. The van der Waals surface area contributed by atoms with Crippen LogP contribution < -0.4 is 10.6 Å². The first kappa shape index (κ1) is 9.71. The maximum Gasteiger partial charge on any atom is 0.244 e. The highest BCUT2D eigenvalue weighted by atomic mass is 16.1. The first-order valence-corrected chi connectivity index (χ1v) is 4.91. The van der Waals surface area contributed by atoms with Crippen molar-refractivity contribution in [1.29, 1.82) is 0 Å². The normalized spacial score (nSPS) is 16.0. The molecule has 0 saturated heterocycles. The Kier molecular flexibility index (Phi) is 2.67. The number of anilines is 1. The zero-order valence-corrected chi connectivity index (χ0v) is 8.39. The summed E-state index contributed by atoms with van der Waals surface area (Å²) in [6.45, 7) is 1.57. The van der Waals surface area contributed by atoms with E-state index >= 15 is 0 Å². The molecule has 4 nitrogen and oxygen atoms in total. The summed E-state index contributed by atoms with van der Waals surface area (Å²) >= 11 is 0. The first-order valence-electron chi connectivity index (χ1n) is 4.91. The molecule has 0 bridgehead atoms. The molecule has 0 saturated carbocycles. The number of carbonyl (C=O) groups excluding carboxylic acids is 1. The molecule has 0 aliphatic carbocycles. The predicted molar refractivity (Wildman–Crippen MR) is 58.3 cm³/mol. The van der Waals surface area contributed by atoms with Crippen molar-refractivity contribution in [2.24, 2.45) is 5.73 Å². The number of carbonyl (C=O) groups is 1. The van der Waals surface area contributed by atoms with Crippen LogP contribution in [0.15, 0.2) is 36.2 Å². The van der Waals surface area contributed by atoms with Crippen LogP contribution in [0.4, 0.5) is 5.69 Å². The number of nitrogens with zero attached hydrogens (tertiary/aromatic N) is 2. The molecule has 15 heavy (non-hydrogen) atoms.